The maximum atomic E-state index is 12.3. The summed E-state index contributed by atoms with van der Waals surface area (Å²) in [6, 6.07) is 17.5. The summed E-state index contributed by atoms with van der Waals surface area (Å²) in [5, 5.41) is 0. The van der Waals surface area contributed by atoms with Gasteiger partial charge in [-0.2, -0.15) is 0 Å². The van der Waals surface area contributed by atoms with Crippen LogP contribution in [-0.2, 0) is 15.8 Å². The molecule has 0 bridgehead atoms. The van der Waals surface area contributed by atoms with Crippen LogP contribution in [-0.4, -0.2) is 45.5 Å². The van der Waals surface area contributed by atoms with E-state index in [0.717, 1.165) is 37.4 Å². The summed E-state index contributed by atoms with van der Waals surface area (Å²) in [7, 11) is -3.41. The predicted octanol–water partition coefficient (Wildman–Crippen LogP) is 3.16. The zero-order chi connectivity index (χ0) is 18.6. The van der Waals surface area contributed by atoms with Crippen LogP contribution in [0.25, 0.3) is 0 Å². The second kappa shape index (κ2) is 8.10. The summed E-state index contributed by atoms with van der Waals surface area (Å²) >= 11 is 0. The SMILES string of the molecule is CC(C)N1CCN(c2ccc(NS(=O)(=O)Cc3ccccc3)cc2)CC1. The molecule has 0 amide bonds. The van der Waals surface area contributed by atoms with Crippen LogP contribution < -0.4 is 9.62 Å². The highest BCUT2D eigenvalue weighted by molar-refractivity contribution is 7.91. The highest BCUT2D eigenvalue weighted by Gasteiger charge is 2.19. The summed E-state index contributed by atoms with van der Waals surface area (Å²) < 4.78 is 27.3. The fraction of sp³-hybridized carbons (Fsp3) is 0.400. The number of benzene rings is 2. The first-order valence-electron chi connectivity index (χ1n) is 9.06. The van der Waals surface area contributed by atoms with Gasteiger partial charge in [0.25, 0.3) is 0 Å². The molecule has 0 saturated carbocycles. The van der Waals surface area contributed by atoms with Gasteiger partial charge >= 0.3 is 0 Å². The molecule has 6 heteroatoms. The molecular weight excluding hydrogens is 346 g/mol. The highest BCUT2D eigenvalue weighted by Crippen LogP contribution is 2.21. The number of hydrogen-bond donors (Lipinski definition) is 1. The minimum absolute atomic E-state index is 0.0211. The van der Waals surface area contributed by atoms with Crippen molar-refractivity contribution < 1.29 is 8.42 Å². The number of rotatable bonds is 6. The zero-order valence-electron chi connectivity index (χ0n) is 15.4. The average molecular weight is 374 g/mol. The van der Waals surface area contributed by atoms with Crippen LogP contribution >= 0.6 is 0 Å². The minimum atomic E-state index is -3.41. The largest absolute Gasteiger partial charge is 0.369 e. The predicted molar refractivity (Wildman–Crippen MR) is 108 cm³/mol. The van der Waals surface area contributed by atoms with Gasteiger partial charge in [-0.1, -0.05) is 30.3 Å². The van der Waals surface area contributed by atoms with Crippen molar-refractivity contribution in [2.24, 2.45) is 0 Å². The molecule has 1 aliphatic heterocycles. The Kier molecular flexibility index (Phi) is 5.84. The Labute approximate surface area is 156 Å². The summed E-state index contributed by atoms with van der Waals surface area (Å²) in [6.45, 7) is 8.57. The normalized spacial score (nSPS) is 16.0. The van der Waals surface area contributed by atoms with Gasteiger partial charge in [0.1, 0.15) is 0 Å². The van der Waals surface area contributed by atoms with E-state index in [1.165, 1.54) is 0 Å². The molecule has 0 atom stereocenters. The third-order valence-electron chi connectivity index (χ3n) is 4.75. The zero-order valence-corrected chi connectivity index (χ0v) is 16.2. The van der Waals surface area contributed by atoms with E-state index in [9.17, 15) is 8.42 Å². The molecule has 5 nitrogen and oxygen atoms in total. The molecular formula is C20H27N3O2S. The van der Waals surface area contributed by atoms with E-state index >= 15 is 0 Å². The maximum Gasteiger partial charge on any atom is 0.236 e. The van der Waals surface area contributed by atoms with Crippen molar-refractivity contribution >= 4 is 21.4 Å². The summed E-state index contributed by atoms with van der Waals surface area (Å²) in [4.78, 5) is 4.82. The molecule has 3 rings (SSSR count). The van der Waals surface area contributed by atoms with Crippen molar-refractivity contribution in [1.29, 1.82) is 0 Å². The Morgan fingerprint density at radius 3 is 2.12 bits per heavy atom. The van der Waals surface area contributed by atoms with E-state index in [-0.39, 0.29) is 5.75 Å². The molecule has 0 radical (unpaired) electrons. The molecule has 0 aromatic heterocycles. The molecule has 1 fully saturated rings. The third-order valence-corrected chi connectivity index (χ3v) is 6.01. The van der Waals surface area contributed by atoms with Crippen LogP contribution in [0.2, 0.25) is 0 Å². The lowest BCUT2D eigenvalue weighted by Gasteiger charge is -2.38. The van der Waals surface area contributed by atoms with E-state index in [1.807, 2.05) is 54.6 Å². The van der Waals surface area contributed by atoms with Gasteiger partial charge in [0, 0.05) is 43.6 Å². The summed E-state index contributed by atoms with van der Waals surface area (Å²) in [5.74, 6) is -0.0211. The second-order valence-corrected chi connectivity index (χ2v) is 8.73. The van der Waals surface area contributed by atoms with Crippen LogP contribution in [0.4, 0.5) is 11.4 Å². The Morgan fingerprint density at radius 2 is 1.54 bits per heavy atom. The van der Waals surface area contributed by atoms with E-state index in [2.05, 4.69) is 28.4 Å². The second-order valence-electron chi connectivity index (χ2n) is 7.01. The number of nitrogens with one attached hydrogen (secondary N) is 1. The molecule has 2 aromatic rings. The molecule has 1 aliphatic rings. The molecule has 1 heterocycles. The fourth-order valence-electron chi connectivity index (χ4n) is 3.25. The lowest BCUT2D eigenvalue weighted by Crippen LogP contribution is -2.48. The Morgan fingerprint density at radius 1 is 0.923 bits per heavy atom. The van der Waals surface area contributed by atoms with E-state index in [4.69, 9.17) is 0 Å². The quantitative estimate of drug-likeness (QED) is 0.845. The van der Waals surface area contributed by atoms with Gasteiger partial charge in [-0.05, 0) is 43.7 Å². The number of hydrogen-bond acceptors (Lipinski definition) is 4. The average Bonchev–Trinajstić information content (AvgIpc) is 2.62. The standard InChI is InChI=1S/C20H27N3O2S/c1-17(2)22-12-14-23(15-13-22)20-10-8-19(9-11-20)21-26(24,25)16-18-6-4-3-5-7-18/h3-11,17,21H,12-16H2,1-2H3. The molecule has 0 spiro atoms. The molecule has 26 heavy (non-hydrogen) atoms. The van der Waals surface area contributed by atoms with Gasteiger partial charge < -0.3 is 4.90 Å². The topological polar surface area (TPSA) is 52.6 Å². The van der Waals surface area contributed by atoms with Crippen LogP contribution in [0.1, 0.15) is 19.4 Å². The number of sulfonamides is 1. The molecule has 1 saturated heterocycles. The molecule has 0 aliphatic carbocycles. The van der Waals surface area contributed by atoms with Crippen molar-refractivity contribution in [3.63, 3.8) is 0 Å². The first-order chi connectivity index (χ1) is 12.4. The smallest absolute Gasteiger partial charge is 0.236 e. The van der Waals surface area contributed by atoms with E-state index in [1.54, 1.807) is 0 Å². The van der Waals surface area contributed by atoms with Gasteiger partial charge in [0.15, 0.2) is 0 Å². The van der Waals surface area contributed by atoms with Gasteiger partial charge in [0.05, 0.1) is 5.75 Å². The summed E-state index contributed by atoms with van der Waals surface area (Å²) in [5.41, 5.74) is 2.52. The van der Waals surface area contributed by atoms with Crippen LogP contribution in [0, 0.1) is 0 Å². The van der Waals surface area contributed by atoms with Gasteiger partial charge in [-0.15, -0.1) is 0 Å². The van der Waals surface area contributed by atoms with Crippen LogP contribution in [0.15, 0.2) is 54.6 Å². The van der Waals surface area contributed by atoms with Gasteiger partial charge in [-0.25, -0.2) is 8.42 Å². The lowest BCUT2D eigenvalue weighted by molar-refractivity contribution is 0.209. The van der Waals surface area contributed by atoms with Crippen molar-refractivity contribution in [2.75, 3.05) is 35.8 Å². The Bertz CT molecular complexity index is 797. The van der Waals surface area contributed by atoms with Gasteiger partial charge in [-0.3, -0.25) is 9.62 Å². The van der Waals surface area contributed by atoms with E-state index in [0.29, 0.717) is 11.7 Å². The van der Waals surface area contributed by atoms with Crippen LogP contribution in [0.5, 0.6) is 0 Å². The fourth-order valence-corrected chi connectivity index (χ4v) is 4.44. The molecule has 1 N–H and O–H groups in total. The number of nitrogens with zero attached hydrogens (tertiary/aromatic N) is 2. The third kappa shape index (κ3) is 4.99. The number of piperazine rings is 1. The minimum Gasteiger partial charge on any atom is -0.369 e. The Balaban J connectivity index is 1.59. The Hall–Kier alpha value is -2.05. The number of anilines is 2. The van der Waals surface area contributed by atoms with Crippen molar-refractivity contribution in [2.45, 2.75) is 25.6 Å². The van der Waals surface area contributed by atoms with E-state index < -0.39 is 10.0 Å². The summed E-state index contributed by atoms with van der Waals surface area (Å²) in [6.07, 6.45) is 0. The lowest BCUT2D eigenvalue weighted by atomic mass is 10.2. The van der Waals surface area contributed by atoms with Crippen molar-refractivity contribution in [1.82, 2.24) is 4.90 Å². The molecule has 2 aromatic carbocycles. The maximum absolute atomic E-state index is 12.3. The highest BCUT2D eigenvalue weighted by atomic mass is 32.2. The van der Waals surface area contributed by atoms with Crippen molar-refractivity contribution in [3.8, 4) is 0 Å². The van der Waals surface area contributed by atoms with Gasteiger partial charge in [0.2, 0.25) is 10.0 Å². The molecule has 0 unspecified atom stereocenters. The van der Waals surface area contributed by atoms with Crippen molar-refractivity contribution in [3.05, 3.63) is 60.2 Å². The first-order valence-corrected chi connectivity index (χ1v) is 10.7. The molecule has 140 valence electrons. The first kappa shape index (κ1) is 18.7. The monoisotopic (exact) mass is 373 g/mol. The van der Waals surface area contributed by atoms with Crippen LogP contribution in [0.3, 0.4) is 0 Å².